The summed E-state index contributed by atoms with van der Waals surface area (Å²) in [5.41, 5.74) is 0.277. The molecule has 21 heavy (non-hydrogen) atoms. The van der Waals surface area contributed by atoms with Crippen molar-refractivity contribution in [3.05, 3.63) is 34.9 Å². The van der Waals surface area contributed by atoms with E-state index in [4.69, 9.17) is 21.1 Å². The molecule has 0 aromatic heterocycles. The van der Waals surface area contributed by atoms with E-state index in [0.717, 1.165) is 5.56 Å². The molecule has 6 heteroatoms. The summed E-state index contributed by atoms with van der Waals surface area (Å²) in [5.74, 6) is -0.358. The van der Waals surface area contributed by atoms with Gasteiger partial charge < -0.3 is 14.8 Å². The second kappa shape index (κ2) is 7.88. The van der Waals surface area contributed by atoms with Crippen LogP contribution in [-0.4, -0.2) is 30.8 Å². The molecular weight excluding hydrogens is 294 g/mol. The summed E-state index contributed by atoms with van der Waals surface area (Å²) in [6.45, 7) is 5.64. The molecule has 0 fully saturated rings. The van der Waals surface area contributed by atoms with E-state index >= 15 is 0 Å². The normalized spacial score (nSPS) is 10.9. The number of nitrogens with one attached hydrogen (secondary N) is 1. The number of carbonyl (C=O) groups excluding carboxylic acids is 2. The standard InChI is InChI=1S/C15H20ClNO4/c1-15(2,3)21-14(19)17-8-9-20-13(18)10-11-4-6-12(16)7-5-11/h4-7H,8-10H2,1-3H3,(H,17,19). The van der Waals surface area contributed by atoms with Gasteiger partial charge in [-0.3, -0.25) is 4.79 Å². The van der Waals surface area contributed by atoms with Crippen molar-refractivity contribution in [3.8, 4) is 0 Å². The van der Waals surface area contributed by atoms with Gasteiger partial charge in [-0.25, -0.2) is 4.79 Å². The number of ether oxygens (including phenoxy) is 2. The molecule has 116 valence electrons. The minimum Gasteiger partial charge on any atom is -0.464 e. The molecule has 1 rings (SSSR count). The summed E-state index contributed by atoms with van der Waals surface area (Å²) >= 11 is 5.76. The average Bonchev–Trinajstić information content (AvgIpc) is 2.35. The summed E-state index contributed by atoms with van der Waals surface area (Å²) in [7, 11) is 0. The number of amides is 1. The van der Waals surface area contributed by atoms with Gasteiger partial charge in [0, 0.05) is 5.02 Å². The Hall–Kier alpha value is -1.75. The molecule has 0 radical (unpaired) electrons. The Morgan fingerprint density at radius 3 is 2.38 bits per heavy atom. The molecule has 1 aromatic rings. The molecule has 0 heterocycles. The third-order valence-electron chi connectivity index (χ3n) is 2.30. The van der Waals surface area contributed by atoms with Crippen LogP contribution < -0.4 is 5.32 Å². The third kappa shape index (κ3) is 8.19. The summed E-state index contributed by atoms with van der Waals surface area (Å²) < 4.78 is 10.1. The van der Waals surface area contributed by atoms with Crippen molar-refractivity contribution in [2.45, 2.75) is 32.8 Å². The maximum atomic E-state index is 11.6. The zero-order valence-electron chi connectivity index (χ0n) is 12.4. The van der Waals surface area contributed by atoms with Gasteiger partial charge in [0.05, 0.1) is 13.0 Å². The van der Waals surface area contributed by atoms with E-state index in [1.54, 1.807) is 45.0 Å². The minimum absolute atomic E-state index is 0.103. The molecule has 1 amide bonds. The zero-order chi connectivity index (χ0) is 15.9. The first-order valence-corrected chi connectivity index (χ1v) is 7.01. The quantitative estimate of drug-likeness (QED) is 0.670. The van der Waals surface area contributed by atoms with E-state index in [1.807, 2.05) is 0 Å². The maximum absolute atomic E-state index is 11.6. The van der Waals surface area contributed by atoms with Crippen LogP contribution in [0.25, 0.3) is 0 Å². The van der Waals surface area contributed by atoms with Gasteiger partial charge in [0.1, 0.15) is 12.2 Å². The Morgan fingerprint density at radius 2 is 1.81 bits per heavy atom. The Morgan fingerprint density at radius 1 is 1.19 bits per heavy atom. The van der Waals surface area contributed by atoms with Crippen LogP contribution in [0, 0.1) is 0 Å². The predicted octanol–water partition coefficient (Wildman–Crippen LogP) is 2.95. The van der Waals surface area contributed by atoms with Crippen molar-refractivity contribution in [2.24, 2.45) is 0 Å². The lowest BCUT2D eigenvalue weighted by Gasteiger charge is -2.19. The first-order chi connectivity index (χ1) is 9.76. The zero-order valence-corrected chi connectivity index (χ0v) is 13.2. The van der Waals surface area contributed by atoms with Crippen molar-refractivity contribution in [2.75, 3.05) is 13.2 Å². The lowest BCUT2D eigenvalue weighted by Crippen LogP contribution is -2.34. The number of alkyl carbamates (subject to hydrolysis) is 1. The fourth-order valence-corrected chi connectivity index (χ4v) is 1.58. The second-order valence-electron chi connectivity index (χ2n) is 5.45. The number of hydrogen-bond acceptors (Lipinski definition) is 4. The molecule has 0 bridgehead atoms. The van der Waals surface area contributed by atoms with Crippen LogP contribution in [0.5, 0.6) is 0 Å². The predicted molar refractivity (Wildman–Crippen MR) is 80.4 cm³/mol. The Balaban J connectivity index is 2.19. The van der Waals surface area contributed by atoms with Gasteiger partial charge >= 0.3 is 12.1 Å². The van der Waals surface area contributed by atoms with Gasteiger partial charge in [0.25, 0.3) is 0 Å². The highest BCUT2D eigenvalue weighted by Crippen LogP contribution is 2.10. The van der Waals surface area contributed by atoms with Crippen molar-refractivity contribution in [3.63, 3.8) is 0 Å². The van der Waals surface area contributed by atoms with Gasteiger partial charge in [0.2, 0.25) is 0 Å². The molecule has 1 N–H and O–H groups in total. The average molecular weight is 314 g/mol. The SMILES string of the molecule is CC(C)(C)OC(=O)NCCOC(=O)Cc1ccc(Cl)cc1. The number of carbonyl (C=O) groups is 2. The molecule has 0 spiro atoms. The van der Waals surface area contributed by atoms with Crippen LogP contribution in [-0.2, 0) is 20.7 Å². The van der Waals surface area contributed by atoms with Crippen LogP contribution in [0.4, 0.5) is 4.79 Å². The van der Waals surface area contributed by atoms with E-state index in [1.165, 1.54) is 0 Å². The summed E-state index contributed by atoms with van der Waals surface area (Å²) in [6, 6.07) is 6.97. The van der Waals surface area contributed by atoms with Gasteiger partial charge in [-0.2, -0.15) is 0 Å². The van der Waals surface area contributed by atoms with Gasteiger partial charge in [-0.15, -0.1) is 0 Å². The highest BCUT2D eigenvalue weighted by Gasteiger charge is 2.15. The largest absolute Gasteiger partial charge is 0.464 e. The first-order valence-electron chi connectivity index (χ1n) is 6.63. The third-order valence-corrected chi connectivity index (χ3v) is 2.55. The Kier molecular flexibility index (Phi) is 6.49. The first kappa shape index (κ1) is 17.3. The van der Waals surface area contributed by atoms with Crippen LogP contribution >= 0.6 is 11.6 Å². The summed E-state index contributed by atoms with van der Waals surface area (Å²) in [6.07, 6.45) is -0.361. The van der Waals surface area contributed by atoms with Crippen LogP contribution in [0.15, 0.2) is 24.3 Å². The fourth-order valence-electron chi connectivity index (χ4n) is 1.45. The molecule has 1 aromatic carbocycles. The molecule has 0 aliphatic rings. The Labute approximate surface area is 129 Å². The number of esters is 1. The number of benzene rings is 1. The Bertz CT molecular complexity index is 479. The van der Waals surface area contributed by atoms with E-state index in [-0.39, 0.29) is 25.5 Å². The smallest absolute Gasteiger partial charge is 0.407 e. The molecule has 0 saturated heterocycles. The van der Waals surface area contributed by atoms with Crippen molar-refractivity contribution < 1.29 is 19.1 Å². The molecule has 0 aliphatic heterocycles. The van der Waals surface area contributed by atoms with Gasteiger partial charge in [-0.05, 0) is 38.5 Å². The van der Waals surface area contributed by atoms with Crippen LogP contribution in [0.1, 0.15) is 26.3 Å². The highest BCUT2D eigenvalue weighted by molar-refractivity contribution is 6.30. The topological polar surface area (TPSA) is 64.6 Å². The molecule has 0 unspecified atom stereocenters. The number of rotatable bonds is 5. The number of halogens is 1. The molecule has 5 nitrogen and oxygen atoms in total. The van der Waals surface area contributed by atoms with Gasteiger partial charge in [0.15, 0.2) is 0 Å². The van der Waals surface area contributed by atoms with E-state index in [0.29, 0.717) is 5.02 Å². The number of hydrogen-bond donors (Lipinski definition) is 1. The monoisotopic (exact) mass is 313 g/mol. The summed E-state index contributed by atoms with van der Waals surface area (Å²) in [4.78, 5) is 22.9. The van der Waals surface area contributed by atoms with Crippen molar-refractivity contribution in [1.29, 1.82) is 0 Å². The van der Waals surface area contributed by atoms with Crippen molar-refractivity contribution >= 4 is 23.7 Å². The molecule has 0 saturated carbocycles. The molecule has 0 aliphatic carbocycles. The van der Waals surface area contributed by atoms with Crippen molar-refractivity contribution in [1.82, 2.24) is 5.32 Å². The van der Waals surface area contributed by atoms with Crippen LogP contribution in [0.3, 0.4) is 0 Å². The lowest BCUT2D eigenvalue weighted by atomic mass is 10.2. The van der Waals surface area contributed by atoms with E-state index < -0.39 is 11.7 Å². The molecule has 0 atom stereocenters. The molecular formula is C15H20ClNO4. The lowest BCUT2D eigenvalue weighted by molar-refractivity contribution is -0.142. The van der Waals surface area contributed by atoms with E-state index in [9.17, 15) is 9.59 Å². The highest BCUT2D eigenvalue weighted by atomic mass is 35.5. The summed E-state index contributed by atoms with van der Waals surface area (Å²) in [5, 5.41) is 3.13. The fraction of sp³-hybridized carbons (Fsp3) is 0.467. The van der Waals surface area contributed by atoms with E-state index in [2.05, 4.69) is 5.32 Å². The minimum atomic E-state index is -0.546. The maximum Gasteiger partial charge on any atom is 0.407 e. The van der Waals surface area contributed by atoms with Crippen LogP contribution in [0.2, 0.25) is 5.02 Å². The van der Waals surface area contributed by atoms with Gasteiger partial charge in [-0.1, -0.05) is 23.7 Å². The second-order valence-corrected chi connectivity index (χ2v) is 5.89.